The molecule has 2 heteroatoms. The lowest BCUT2D eigenvalue weighted by molar-refractivity contribution is 0.471. The molecule has 0 spiro atoms. The van der Waals surface area contributed by atoms with Crippen molar-refractivity contribution in [2.45, 2.75) is 52.5 Å². The van der Waals surface area contributed by atoms with E-state index in [1.165, 1.54) is 19.3 Å². The topological polar surface area (TPSA) is 32.3 Å². The minimum Gasteiger partial charge on any atom is -0.508 e. The number of aromatic hydroxyl groups is 1. The molecule has 0 saturated heterocycles. The zero-order chi connectivity index (χ0) is 12.0. The molecule has 1 rings (SSSR count). The van der Waals surface area contributed by atoms with Crippen LogP contribution in [0, 0.1) is 6.92 Å². The van der Waals surface area contributed by atoms with Crippen LogP contribution in [0.15, 0.2) is 18.2 Å². The summed E-state index contributed by atoms with van der Waals surface area (Å²) in [5.41, 5.74) is 1.94. The van der Waals surface area contributed by atoms with Crippen molar-refractivity contribution in [3.8, 4) is 5.75 Å². The molecule has 16 heavy (non-hydrogen) atoms. The molecule has 0 aliphatic carbocycles. The van der Waals surface area contributed by atoms with Crippen LogP contribution in [0.2, 0.25) is 0 Å². The Morgan fingerprint density at radius 1 is 1.31 bits per heavy atom. The first-order chi connectivity index (χ1) is 7.67. The number of unbranched alkanes of at least 4 members (excludes halogenated alkanes) is 1. The number of aryl methyl sites for hydroxylation is 1. The maximum atomic E-state index is 9.62. The average molecular weight is 221 g/mol. The van der Waals surface area contributed by atoms with Crippen LogP contribution in [-0.4, -0.2) is 11.1 Å². The van der Waals surface area contributed by atoms with Gasteiger partial charge in [0.2, 0.25) is 0 Å². The molecule has 0 aliphatic heterocycles. The van der Waals surface area contributed by atoms with Gasteiger partial charge in [-0.25, -0.2) is 0 Å². The molecule has 0 aromatic heterocycles. The highest BCUT2D eigenvalue weighted by molar-refractivity contribution is 5.51. The van der Waals surface area contributed by atoms with Gasteiger partial charge in [-0.05, 0) is 31.4 Å². The summed E-state index contributed by atoms with van der Waals surface area (Å²) in [5.74, 6) is 0.371. The van der Waals surface area contributed by atoms with E-state index in [1.807, 2.05) is 25.1 Å². The normalized spacial score (nSPS) is 12.4. The summed E-state index contributed by atoms with van der Waals surface area (Å²) >= 11 is 0. The van der Waals surface area contributed by atoms with Crippen molar-refractivity contribution in [3.63, 3.8) is 0 Å². The number of hydrogen-bond acceptors (Lipinski definition) is 2. The number of phenolic OH excluding ortho intramolecular Hbond substituents is 1. The zero-order valence-corrected chi connectivity index (χ0v) is 10.6. The maximum Gasteiger partial charge on any atom is 0.120 e. The Labute approximate surface area is 98.7 Å². The SMILES string of the molecule is CCCCC(CC)Nc1ccc(C)c(O)c1. The molecule has 0 fully saturated rings. The average Bonchev–Trinajstić information content (AvgIpc) is 2.29. The summed E-state index contributed by atoms with van der Waals surface area (Å²) in [7, 11) is 0. The molecule has 1 aromatic rings. The largest absolute Gasteiger partial charge is 0.508 e. The fourth-order valence-corrected chi connectivity index (χ4v) is 1.76. The highest BCUT2D eigenvalue weighted by Gasteiger charge is 2.06. The highest BCUT2D eigenvalue weighted by atomic mass is 16.3. The second kappa shape index (κ2) is 6.41. The Hall–Kier alpha value is -1.18. The molecule has 0 bridgehead atoms. The van der Waals surface area contributed by atoms with Gasteiger partial charge in [0.1, 0.15) is 5.75 Å². The lowest BCUT2D eigenvalue weighted by Crippen LogP contribution is -2.18. The van der Waals surface area contributed by atoms with E-state index >= 15 is 0 Å². The Kier molecular flexibility index (Phi) is 5.17. The Morgan fingerprint density at radius 2 is 2.06 bits per heavy atom. The van der Waals surface area contributed by atoms with Gasteiger partial charge in [0.25, 0.3) is 0 Å². The van der Waals surface area contributed by atoms with Gasteiger partial charge < -0.3 is 10.4 Å². The third-order valence-corrected chi connectivity index (χ3v) is 2.98. The molecule has 0 saturated carbocycles. The van der Waals surface area contributed by atoms with Crippen molar-refractivity contribution in [1.29, 1.82) is 0 Å². The van der Waals surface area contributed by atoms with Crippen molar-refractivity contribution >= 4 is 5.69 Å². The van der Waals surface area contributed by atoms with Gasteiger partial charge >= 0.3 is 0 Å². The van der Waals surface area contributed by atoms with Crippen LogP contribution >= 0.6 is 0 Å². The molecule has 0 radical (unpaired) electrons. The molecule has 1 atom stereocenters. The fourth-order valence-electron chi connectivity index (χ4n) is 1.76. The summed E-state index contributed by atoms with van der Waals surface area (Å²) in [4.78, 5) is 0. The van der Waals surface area contributed by atoms with Crippen LogP contribution < -0.4 is 5.32 Å². The number of anilines is 1. The van der Waals surface area contributed by atoms with Crippen LogP contribution in [0.3, 0.4) is 0 Å². The Morgan fingerprint density at radius 3 is 2.62 bits per heavy atom. The van der Waals surface area contributed by atoms with Crippen LogP contribution in [0.25, 0.3) is 0 Å². The van der Waals surface area contributed by atoms with Gasteiger partial charge in [-0.2, -0.15) is 0 Å². The molecule has 1 aromatic carbocycles. The van der Waals surface area contributed by atoms with Crippen LogP contribution in [-0.2, 0) is 0 Å². The number of hydrogen-bond donors (Lipinski definition) is 2. The van der Waals surface area contributed by atoms with Crippen LogP contribution in [0.1, 0.15) is 45.1 Å². The molecule has 0 amide bonds. The van der Waals surface area contributed by atoms with Gasteiger partial charge in [0.05, 0.1) is 0 Å². The third-order valence-electron chi connectivity index (χ3n) is 2.98. The maximum absolute atomic E-state index is 9.62. The van der Waals surface area contributed by atoms with E-state index in [9.17, 15) is 5.11 Å². The van der Waals surface area contributed by atoms with E-state index in [4.69, 9.17) is 0 Å². The minimum atomic E-state index is 0.371. The van der Waals surface area contributed by atoms with Gasteiger partial charge in [0, 0.05) is 17.8 Å². The molecule has 2 nitrogen and oxygen atoms in total. The fraction of sp³-hybridized carbons (Fsp3) is 0.571. The lowest BCUT2D eigenvalue weighted by Gasteiger charge is -2.18. The Bertz CT molecular complexity index is 323. The van der Waals surface area contributed by atoms with E-state index in [0.29, 0.717) is 11.8 Å². The quantitative estimate of drug-likeness (QED) is 0.758. The molecular formula is C14H23NO. The van der Waals surface area contributed by atoms with Crippen molar-refractivity contribution in [2.24, 2.45) is 0 Å². The summed E-state index contributed by atoms with van der Waals surface area (Å²) in [6, 6.07) is 6.31. The van der Waals surface area contributed by atoms with Gasteiger partial charge in [-0.15, -0.1) is 0 Å². The second-order valence-corrected chi connectivity index (χ2v) is 4.39. The molecular weight excluding hydrogens is 198 g/mol. The van der Waals surface area contributed by atoms with Crippen molar-refractivity contribution < 1.29 is 5.11 Å². The monoisotopic (exact) mass is 221 g/mol. The number of rotatable bonds is 6. The smallest absolute Gasteiger partial charge is 0.120 e. The summed E-state index contributed by atoms with van der Waals surface area (Å²) in [5, 5.41) is 13.1. The first kappa shape index (κ1) is 12.9. The van der Waals surface area contributed by atoms with E-state index in [-0.39, 0.29) is 0 Å². The highest BCUT2D eigenvalue weighted by Crippen LogP contribution is 2.22. The minimum absolute atomic E-state index is 0.371. The molecule has 0 aliphatic rings. The predicted molar refractivity (Wildman–Crippen MR) is 70.1 cm³/mol. The number of nitrogens with one attached hydrogen (secondary N) is 1. The van der Waals surface area contributed by atoms with E-state index in [2.05, 4.69) is 19.2 Å². The third kappa shape index (κ3) is 3.76. The number of phenols is 1. The van der Waals surface area contributed by atoms with Gasteiger partial charge in [-0.1, -0.05) is 32.8 Å². The number of benzene rings is 1. The summed E-state index contributed by atoms with van der Waals surface area (Å²) < 4.78 is 0. The molecule has 90 valence electrons. The standard InChI is InChI=1S/C14H23NO/c1-4-6-7-12(5-2)15-13-9-8-11(3)14(16)10-13/h8-10,12,15-16H,4-7H2,1-3H3. The zero-order valence-electron chi connectivity index (χ0n) is 10.6. The predicted octanol–water partition coefficient (Wildman–Crippen LogP) is 4.08. The molecule has 0 heterocycles. The van der Waals surface area contributed by atoms with Crippen molar-refractivity contribution in [3.05, 3.63) is 23.8 Å². The van der Waals surface area contributed by atoms with Crippen LogP contribution in [0.4, 0.5) is 5.69 Å². The van der Waals surface area contributed by atoms with E-state index < -0.39 is 0 Å². The molecule has 2 N–H and O–H groups in total. The second-order valence-electron chi connectivity index (χ2n) is 4.39. The first-order valence-electron chi connectivity index (χ1n) is 6.23. The Balaban J connectivity index is 2.59. The van der Waals surface area contributed by atoms with Crippen LogP contribution in [0.5, 0.6) is 5.75 Å². The van der Waals surface area contributed by atoms with Gasteiger partial charge in [-0.3, -0.25) is 0 Å². The molecule has 1 unspecified atom stereocenters. The van der Waals surface area contributed by atoms with Crippen molar-refractivity contribution in [1.82, 2.24) is 0 Å². The summed E-state index contributed by atoms with van der Waals surface area (Å²) in [6.45, 7) is 6.32. The van der Waals surface area contributed by atoms with Crippen molar-refractivity contribution in [2.75, 3.05) is 5.32 Å². The summed E-state index contributed by atoms with van der Waals surface area (Å²) in [6.07, 6.45) is 4.80. The first-order valence-corrected chi connectivity index (χ1v) is 6.23. The van der Waals surface area contributed by atoms with Gasteiger partial charge in [0.15, 0.2) is 0 Å². The lowest BCUT2D eigenvalue weighted by atomic mass is 10.1. The van der Waals surface area contributed by atoms with E-state index in [0.717, 1.165) is 17.7 Å². The van der Waals surface area contributed by atoms with E-state index in [1.54, 1.807) is 0 Å².